The number of halogens is 1. The first kappa shape index (κ1) is 14.5. The number of likely N-dealkylation sites (N-methyl/N-ethyl adjacent to an activating group) is 1. The molecule has 0 bridgehead atoms. The third-order valence-corrected chi connectivity index (χ3v) is 4.27. The van der Waals surface area contributed by atoms with Gasteiger partial charge < -0.3 is 15.3 Å². The average molecular weight is 329 g/mol. The number of anilines is 2. The fourth-order valence-corrected chi connectivity index (χ4v) is 3.27. The van der Waals surface area contributed by atoms with E-state index in [4.69, 9.17) is 0 Å². The van der Waals surface area contributed by atoms with Gasteiger partial charge in [-0.3, -0.25) is 0 Å². The van der Waals surface area contributed by atoms with Crippen LogP contribution in [0.5, 0.6) is 0 Å². The Morgan fingerprint density at radius 2 is 2.11 bits per heavy atom. The van der Waals surface area contributed by atoms with Gasteiger partial charge >= 0.3 is 0 Å². The molecule has 1 saturated carbocycles. The molecule has 1 heterocycles. The molecule has 2 rings (SSSR count). The highest BCUT2D eigenvalue weighted by atomic mass is 79.9. The monoisotopic (exact) mass is 328 g/mol. The molecule has 1 aromatic heterocycles. The predicted molar refractivity (Wildman–Crippen MR) is 80.6 cm³/mol. The summed E-state index contributed by atoms with van der Waals surface area (Å²) in [6.07, 6.45) is 5.52. The van der Waals surface area contributed by atoms with E-state index in [2.05, 4.69) is 31.2 Å². The van der Waals surface area contributed by atoms with Crippen LogP contribution in [0.1, 0.15) is 32.6 Å². The van der Waals surface area contributed by atoms with Crippen LogP contribution in [0, 0.1) is 0 Å². The summed E-state index contributed by atoms with van der Waals surface area (Å²) in [7, 11) is 1.96. The topological polar surface area (TPSA) is 61.3 Å². The van der Waals surface area contributed by atoms with Gasteiger partial charge in [-0.25, -0.2) is 9.97 Å². The van der Waals surface area contributed by atoms with Crippen molar-refractivity contribution >= 4 is 27.6 Å². The van der Waals surface area contributed by atoms with E-state index in [-0.39, 0.29) is 0 Å². The maximum Gasteiger partial charge on any atom is 0.148 e. The van der Waals surface area contributed by atoms with Crippen molar-refractivity contribution < 1.29 is 5.11 Å². The molecule has 0 amide bonds. The summed E-state index contributed by atoms with van der Waals surface area (Å²) in [6.45, 7) is 3.44. The number of aliphatic hydroxyl groups is 1. The highest BCUT2D eigenvalue weighted by Crippen LogP contribution is 2.33. The molecule has 0 radical (unpaired) electrons. The molecule has 0 unspecified atom stereocenters. The molecule has 0 saturated heterocycles. The molecular weight excluding hydrogens is 308 g/mol. The number of hydrogen-bond donors (Lipinski definition) is 2. The maximum atomic E-state index is 10.5. The fraction of sp³-hybridized carbons (Fsp3) is 0.692. The van der Waals surface area contributed by atoms with Gasteiger partial charge in [0, 0.05) is 20.1 Å². The minimum Gasteiger partial charge on any atom is -0.388 e. The van der Waals surface area contributed by atoms with Crippen molar-refractivity contribution in [1.82, 2.24) is 9.97 Å². The molecule has 5 nitrogen and oxygen atoms in total. The predicted octanol–water partition coefficient (Wildman–Crippen LogP) is 2.41. The molecule has 19 heavy (non-hydrogen) atoms. The van der Waals surface area contributed by atoms with Crippen LogP contribution in [0.4, 0.5) is 11.6 Å². The minimum atomic E-state index is -0.572. The van der Waals surface area contributed by atoms with E-state index in [1.165, 1.54) is 0 Å². The summed E-state index contributed by atoms with van der Waals surface area (Å²) in [5, 5.41) is 13.7. The van der Waals surface area contributed by atoms with E-state index in [0.29, 0.717) is 6.54 Å². The van der Waals surface area contributed by atoms with Crippen LogP contribution in [0.3, 0.4) is 0 Å². The van der Waals surface area contributed by atoms with Crippen LogP contribution < -0.4 is 10.2 Å². The first-order valence-corrected chi connectivity index (χ1v) is 7.53. The number of nitrogens with one attached hydrogen (secondary N) is 1. The molecule has 1 aliphatic rings. The molecule has 6 heteroatoms. The Balaban J connectivity index is 2.14. The Bertz CT molecular complexity index is 435. The van der Waals surface area contributed by atoms with Crippen molar-refractivity contribution in [2.45, 2.75) is 38.2 Å². The van der Waals surface area contributed by atoms with Gasteiger partial charge in [-0.15, -0.1) is 0 Å². The van der Waals surface area contributed by atoms with Crippen LogP contribution >= 0.6 is 15.9 Å². The van der Waals surface area contributed by atoms with Crippen molar-refractivity contribution in [3.05, 3.63) is 10.8 Å². The van der Waals surface area contributed by atoms with Gasteiger partial charge in [0.2, 0.25) is 0 Å². The third kappa shape index (κ3) is 3.36. The van der Waals surface area contributed by atoms with Crippen LogP contribution in [-0.4, -0.2) is 40.8 Å². The molecule has 1 aliphatic carbocycles. The van der Waals surface area contributed by atoms with Crippen LogP contribution in [0.25, 0.3) is 0 Å². The molecule has 106 valence electrons. The zero-order chi connectivity index (χ0) is 13.9. The first-order chi connectivity index (χ1) is 9.06. The van der Waals surface area contributed by atoms with Crippen LogP contribution in [-0.2, 0) is 0 Å². The Kier molecular flexibility index (Phi) is 4.62. The summed E-state index contributed by atoms with van der Waals surface area (Å²) >= 11 is 3.54. The van der Waals surface area contributed by atoms with Gasteiger partial charge in [-0.05, 0) is 35.7 Å². The SMILES string of the molecule is CCNc1ncnc(N(C)CC2(O)CCCC2)c1Br. The van der Waals surface area contributed by atoms with Gasteiger partial charge in [0.15, 0.2) is 0 Å². The summed E-state index contributed by atoms with van der Waals surface area (Å²) in [5.41, 5.74) is -0.572. The van der Waals surface area contributed by atoms with E-state index >= 15 is 0 Å². The lowest BCUT2D eigenvalue weighted by atomic mass is 10.0. The maximum absolute atomic E-state index is 10.5. The molecule has 0 aliphatic heterocycles. The van der Waals surface area contributed by atoms with E-state index in [0.717, 1.165) is 48.3 Å². The van der Waals surface area contributed by atoms with Crippen molar-refractivity contribution in [1.29, 1.82) is 0 Å². The average Bonchev–Trinajstić information content (AvgIpc) is 2.78. The Morgan fingerprint density at radius 3 is 2.74 bits per heavy atom. The molecule has 2 N–H and O–H groups in total. The molecule has 1 aromatic rings. The van der Waals surface area contributed by atoms with E-state index < -0.39 is 5.60 Å². The minimum absolute atomic E-state index is 0.572. The van der Waals surface area contributed by atoms with Crippen molar-refractivity contribution in [3.63, 3.8) is 0 Å². The van der Waals surface area contributed by atoms with Crippen molar-refractivity contribution in [3.8, 4) is 0 Å². The summed E-state index contributed by atoms with van der Waals surface area (Å²) in [6, 6.07) is 0. The van der Waals surface area contributed by atoms with Gasteiger partial charge in [0.25, 0.3) is 0 Å². The second-order valence-electron chi connectivity index (χ2n) is 5.18. The second kappa shape index (κ2) is 6.05. The third-order valence-electron chi connectivity index (χ3n) is 3.54. The summed E-state index contributed by atoms with van der Waals surface area (Å²) < 4.78 is 0.848. The van der Waals surface area contributed by atoms with Gasteiger partial charge in [-0.1, -0.05) is 12.8 Å². The molecule has 1 fully saturated rings. The largest absolute Gasteiger partial charge is 0.388 e. The van der Waals surface area contributed by atoms with Crippen molar-refractivity contribution in [2.24, 2.45) is 0 Å². The molecule has 0 atom stereocenters. The summed E-state index contributed by atoms with van der Waals surface area (Å²) in [4.78, 5) is 10.5. The van der Waals surface area contributed by atoms with Gasteiger partial charge in [0.05, 0.1) is 5.60 Å². The molecule has 0 spiro atoms. The zero-order valence-corrected chi connectivity index (χ0v) is 13.1. The Hall–Kier alpha value is -0.880. The lowest BCUT2D eigenvalue weighted by Crippen LogP contribution is -2.39. The lowest BCUT2D eigenvalue weighted by molar-refractivity contribution is 0.0557. The summed E-state index contributed by atoms with van der Waals surface area (Å²) in [5.74, 6) is 1.60. The lowest BCUT2D eigenvalue weighted by Gasteiger charge is -2.30. The van der Waals surface area contributed by atoms with Crippen LogP contribution in [0.15, 0.2) is 10.8 Å². The number of aromatic nitrogens is 2. The zero-order valence-electron chi connectivity index (χ0n) is 11.5. The molecule has 0 aromatic carbocycles. The van der Waals surface area contributed by atoms with E-state index in [1.807, 2.05) is 18.9 Å². The fourth-order valence-electron chi connectivity index (χ4n) is 2.62. The van der Waals surface area contributed by atoms with E-state index in [9.17, 15) is 5.11 Å². The van der Waals surface area contributed by atoms with E-state index in [1.54, 1.807) is 6.33 Å². The Labute approximate surface area is 122 Å². The highest BCUT2D eigenvalue weighted by molar-refractivity contribution is 9.10. The standard InChI is InChI=1S/C13H21BrN4O/c1-3-15-11-10(14)12(17-9-16-11)18(2)8-13(19)6-4-5-7-13/h9,19H,3-8H2,1-2H3,(H,15,16,17). The Morgan fingerprint density at radius 1 is 1.42 bits per heavy atom. The number of rotatable bonds is 5. The van der Waals surface area contributed by atoms with Gasteiger partial charge in [-0.2, -0.15) is 0 Å². The smallest absolute Gasteiger partial charge is 0.148 e. The normalized spacial score (nSPS) is 17.5. The van der Waals surface area contributed by atoms with Crippen molar-refractivity contribution in [2.75, 3.05) is 30.4 Å². The first-order valence-electron chi connectivity index (χ1n) is 6.73. The quantitative estimate of drug-likeness (QED) is 0.869. The van der Waals surface area contributed by atoms with Gasteiger partial charge in [0.1, 0.15) is 22.4 Å². The highest BCUT2D eigenvalue weighted by Gasteiger charge is 2.33. The number of hydrogen-bond acceptors (Lipinski definition) is 5. The molecular formula is C13H21BrN4O. The number of nitrogens with zero attached hydrogens (tertiary/aromatic N) is 3. The second-order valence-corrected chi connectivity index (χ2v) is 5.97. The van der Waals surface area contributed by atoms with Crippen LogP contribution in [0.2, 0.25) is 0 Å².